The second-order valence-corrected chi connectivity index (χ2v) is 10.8. The summed E-state index contributed by atoms with van der Waals surface area (Å²) in [4.78, 5) is 0. The van der Waals surface area contributed by atoms with Crippen molar-refractivity contribution in [3.8, 4) is 0 Å². The molecule has 1 aliphatic rings. The molecule has 0 heterocycles. The third-order valence-electron chi connectivity index (χ3n) is 3.68. The number of hydrogen-bond donors (Lipinski definition) is 1. The molecule has 128 valence electrons. The van der Waals surface area contributed by atoms with Crippen LogP contribution in [0.4, 0.5) is 0 Å². The van der Waals surface area contributed by atoms with E-state index < -0.39 is 17.8 Å². The van der Waals surface area contributed by atoms with Gasteiger partial charge in [-0.3, -0.25) is 0 Å². The van der Waals surface area contributed by atoms with Gasteiger partial charge in [0.05, 0.1) is 0 Å². The first-order valence-corrected chi connectivity index (χ1v) is 11.5. The third kappa shape index (κ3) is 4.79. The van der Waals surface area contributed by atoms with Crippen LogP contribution in [0.2, 0.25) is 0 Å². The number of aliphatic hydroxyl groups is 1. The predicted octanol–water partition coefficient (Wildman–Crippen LogP) is 3.08. The van der Waals surface area contributed by atoms with Crippen LogP contribution in [-0.4, -0.2) is 43.4 Å². The Morgan fingerprint density at radius 2 is 1.91 bits per heavy atom. The average Bonchev–Trinajstić information content (AvgIpc) is 2.54. The van der Waals surface area contributed by atoms with Crippen molar-refractivity contribution in [2.45, 2.75) is 43.3 Å². The van der Waals surface area contributed by atoms with Gasteiger partial charge in [-0.15, -0.1) is 0 Å². The van der Waals surface area contributed by atoms with Gasteiger partial charge in [-0.2, -0.15) is 0 Å². The van der Waals surface area contributed by atoms with Gasteiger partial charge >= 0.3 is 145 Å². The summed E-state index contributed by atoms with van der Waals surface area (Å²) in [6.07, 6.45) is 6.19. The fraction of sp³-hybridized carbons (Fsp3) is 0.529. The van der Waals surface area contributed by atoms with Crippen molar-refractivity contribution in [1.29, 1.82) is 0 Å². The van der Waals surface area contributed by atoms with Gasteiger partial charge in [0.1, 0.15) is 0 Å². The molecule has 0 saturated carbocycles. The van der Waals surface area contributed by atoms with Crippen LogP contribution in [-0.2, 0) is 13.6 Å². The van der Waals surface area contributed by atoms with E-state index in [1.54, 1.807) is 19.9 Å². The molecule has 0 radical (unpaired) electrons. The topological polar surface area (TPSA) is 55.8 Å². The summed E-state index contributed by atoms with van der Waals surface area (Å²) in [6, 6.07) is 9.88. The Hall–Kier alpha value is -0.411. The number of rotatable bonds is 8. The van der Waals surface area contributed by atoms with Crippen LogP contribution in [0, 0.1) is 0 Å². The molecule has 2 rings (SSSR count). The summed E-state index contributed by atoms with van der Waals surface area (Å²) < 4.78 is 25.1. The molecule has 2 unspecified atom stereocenters. The minimum atomic E-state index is -3.40. The van der Waals surface area contributed by atoms with E-state index in [0.717, 1.165) is 17.3 Å². The van der Waals surface area contributed by atoms with Crippen molar-refractivity contribution in [3.63, 3.8) is 0 Å². The van der Waals surface area contributed by atoms with Crippen molar-refractivity contribution in [1.82, 2.24) is 0 Å². The molecule has 1 aromatic carbocycles. The van der Waals surface area contributed by atoms with E-state index in [1.807, 2.05) is 36.4 Å². The van der Waals surface area contributed by atoms with Crippen molar-refractivity contribution < 1.29 is 18.7 Å². The Morgan fingerprint density at radius 1 is 1.26 bits per heavy atom. The average molecular weight is 403 g/mol. The first-order chi connectivity index (χ1) is 11.0. The first kappa shape index (κ1) is 18.9. The van der Waals surface area contributed by atoms with Crippen LogP contribution in [0.3, 0.4) is 0 Å². The third-order valence-corrected chi connectivity index (χ3v) is 10.6. The minimum absolute atomic E-state index is 0.225. The molecule has 1 aromatic rings. The Balaban J connectivity index is 2.39. The maximum absolute atomic E-state index is 13.4. The van der Waals surface area contributed by atoms with Crippen LogP contribution >= 0.6 is 7.60 Å². The van der Waals surface area contributed by atoms with Crippen molar-refractivity contribution >= 4 is 27.0 Å². The van der Waals surface area contributed by atoms with E-state index in [1.165, 1.54) is 0 Å². The van der Waals surface area contributed by atoms with Crippen molar-refractivity contribution in [3.05, 3.63) is 42.5 Å². The molecule has 4 nitrogen and oxygen atoms in total. The standard InChI is InChI=1S/C17H25O4PSe/c1-3-20-22(19,21-4-2)16(17(18)13-9-6-10-14-17)23-15-11-7-5-8-12-15/h5,7-9,11-13,16,18H,3-4,6,10,14H2,1-2H3. The van der Waals surface area contributed by atoms with E-state index in [-0.39, 0.29) is 15.0 Å². The Kier molecular flexibility index (Phi) is 7.09. The molecule has 0 saturated heterocycles. The van der Waals surface area contributed by atoms with E-state index >= 15 is 0 Å². The van der Waals surface area contributed by atoms with Crippen LogP contribution < -0.4 is 4.46 Å². The molecule has 1 N–H and O–H groups in total. The molecule has 0 aliphatic heterocycles. The van der Waals surface area contributed by atoms with Crippen LogP contribution in [0.5, 0.6) is 0 Å². The van der Waals surface area contributed by atoms with Gasteiger partial charge in [-0.05, 0) is 0 Å². The normalized spacial score (nSPS) is 22.9. The molecule has 0 spiro atoms. The molecular formula is C17H25O4PSe. The van der Waals surface area contributed by atoms with Gasteiger partial charge in [0, 0.05) is 0 Å². The summed E-state index contributed by atoms with van der Waals surface area (Å²) in [5, 5.41) is 11.2. The number of hydrogen-bond acceptors (Lipinski definition) is 4. The zero-order valence-corrected chi connectivity index (χ0v) is 16.3. The fourth-order valence-corrected chi connectivity index (χ4v) is 8.89. The zero-order chi connectivity index (χ0) is 16.8. The van der Waals surface area contributed by atoms with Crippen molar-refractivity contribution in [2.75, 3.05) is 13.2 Å². The van der Waals surface area contributed by atoms with Gasteiger partial charge in [-0.1, -0.05) is 0 Å². The quantitative estimate of drug-likeness (QED) is 0.412. The molecular weight excluding hydrogens is 378 g/mol. The number of benzene rings is 1. The fourth-order valence-electron chi connectivity index (χ4n) is 2.68. The Bertz CT molecular complexity index is 553. The molecule has 2 atom stereocenters. The molecule has 23 heavy (non-hydrogen) atoms. The maximum atomic E-state index is 13.4. The summed E-state index contributed by atoms with van der Waals surface area (Å²) >= 11 is -0.225. The van der Waals surface area contributed by atoms with Gasteiger partial charge < -0.3 is 0 Å². The molecule has 0 fully saturated rings. The second kappa shape index (κ2) is 8.62. The summed E-state index contributed by atoms with van der Waals surface area (Å²) in [5.74, 6) is 0. The monoisotopic (exact) mass is 404 g/mol. The van der Waals surface area contributed by atoms with E-state index in [0.29, 0.717) is 19.6 Å². The summed E-state index contributed by atoms with van der Waals surface area (Å²) in [7, 11) is -3.40. The van der Waals surface area contributed by atoms with Gasteiger partial charge in [0.25, 0.3) is 0 Å². The summed E-state index contributed by atoms with van der Waals surface area (Å²) in [6.45, 7) is 4.22. The SMILES string of the molecule is CCOP(=O)(OCC)C([Se]c1ccccc1)C1(O)C=CCCC1. The van der Waals surface area contributed by atoms with Crippen LogP contribution in [0.25, 0.3) is 0 Å². The summed E-state index contributed by atoms with van der Waals surface area (Å²) in [5.41, 5.74) is -1.13. The van der Waals surface area contributed by atoms with E-state index in [9.17, 15) is 9.67 Å². The molecule has 0 amide bonds. The Labute approximate surface area is 145 Å². The molecule has 0 bridgehead atoms. The van der Waals surface area contributed by atoms with E-state index in [2.05, 4.69) is 0 Å². The van der Waals surface area contributed by atoms with Gasteiger partial charge in [0.15, 0.2) is 0 Å². The van der Waals surface area contributed by atoms with Crippen molar-refractivity contribution in [2.24, 2.45) is 0 Å². The first-order valence-electron chi connectivity index (χ1n) is 8.04. The molecule has 1 aliphatic carbocycles. The van der Waals surface area contributed by atoms with Gasteiger partial charge in [-0.25, -0.2) is 0 Å². The second-order valence-electron chi connectivity index (χ2n) is 5.44. The zero-order valence-electron chi connectivity index (χ0n) is 13.7. The van der Waals surface area contributed by atoms with E-state index in [4.69, 9.17) is 9.05 Å². The Morgan fingerprint density at radius 3 is 2.43 bits per heavy atom. The molecule has 6 heteroatoms. The predicted molar refractivity (Wildman–Crippen MR) is 94.4 cm³/mol. The molecule has 0 aromatic heterocycles. The number of allylic oxidation sites excluding steroid dienone is 1. The van der Waals surface area contributed by atoms with Crippen LogP contribution in [0.1, 0.15) is 33.1 Å². The van der Waals surface area contributed by atoms with Gasteiger partial charge in [0.2, 0.25) is 0 Å². The van der Waals surface area contributed by atoms with Crippen LogP contribution in [0.15, 0.2) is 42.5 Å².